The normalized spacial score (nSPS) is 29.6. The predicted octanol–water partition coefficient (Wildman–Crippen LogP) is 1.99. The molecule has 0 N–H and O–H groups in total. The quantitative estimate of drug-likeness (QED) is 0.842. The Balaban J connectivity index is 1.41. The summed E-state index contributed by atoms with van der Waals surface area (Å²) in [6, 6.07) is 5.21. The van der Waals surface area contributed by atoms with Gasteiger partial charge in [0, 0.05) is 50.5 Å². The lowest BCUT2D eigenvalue weighted by atomic mass is 9.82. The minimum atomic E-state index is 0.331. The molecule has 136 valence electrons. The molecule has 0 aliphatic carbocycles. The first-order valence-corrected chi connectivity index (χ1v) is 9.81. The lowest BCUT2D eigenvalue weighted by molar-refractivity contribution is -0.142. The van der Waals surface area contributed by atoms with Crippen molar-refractivity contribution in [3.05, 3.63) is 30.1 Å². The number of nitrogens with zero attached hydrogens (tertiary/aromatic N) is 4. The van der Waals surface area contributed by atoms with Crippen molar-refractivity contribution < 1.29 is 4.79 Å². The van der Waals surface area contributed by atoms with Gasteiger partial charge in [-0.05, 0) is 63.4 Å². The molecule has 5 nitrogen and oxygen atoms in total. The third-order valence-corrected chi connectivity index (χ3v) is 6.46. The van der Waals surface area contributed by atoms with Crippen LogP contribution < -0.4 is 0 Å². The van der Waals surface area contributed by atoms with Crippen LogP contribution >= 0.6 is 0 Å². The predicted molar refractivity (Wildman–Crippen MR) is 98.0 cm³/mol. The van der Waals surface area contributed by atoms with Crippen LogP contribution in [0.2, 0.25) is 0 Å². The maximum atomic E-state index is 12.6. The zero-order chi connectivity index (χ0) is 17.2. The number of carbonyl (C=O) groups is 1. The van der Waals surface area contributed by atoms with Gasteiger partial charge in [0.15, 0.2) is 0 Å². The molecule has 4 rings (SSSR count). The summed E-state index contributed by atoms with van der Waals surface area (Å²) in [6.45, 7) is 5.49. The molecule has 3 aliphatic rings. The molecular formula is C20H30N4O. The number of aromatic nitrogens is 1. The van der Waals surface area contributed by atoms with Crippen molar-refractivity contribution >= 4 is 5.91 Å². The maximum absolute atomic E-state index is 12.6. The average molecular weight is 342 g/mol. The summed E-state index contributed by atoms with van der Waals surface area (Å²) in [5.41, 5.74) is 1.15. The van der Waals surface area contributed by atoms with Crippen molar-refractivity contribution in [1.82, 2.24) is 19.7 Å². The molecule has 0 aromatic carbocycles. The second-order valence-electron chi connectivity index (χ2n) is 8.07. The van der Waals surface area contributed by atoms with Crippen molar-refractivity contribution in [3.63, 3.8) is 0 Å². The van der Waals surface area contributed by atoms with Crippen LogP contribution in [0.25, 0.3) is 0 Å². The first-order valence-electron chi connectivity index (χ1n) is 9.81. The van der Waals surface area contributed by atoms with E-state index >= 15 is 0 Å². The van der Waals surface area contributed by atoms with Gasteiger partial charge >= 0.3 is 0 Å². The molecule has 5 heteroatoms. The molecule has 3 fully saturated rings. The summed E-state index contributed by atoms with van der Waals surface area (Å²) in [4.78, 5) is 24.1. The van der Waals surface area contributed by atoms with Gasteiger partial charge in [0.2, 0.25) is 5.91 Å². The van der Waals surface area contributed by atoms with Crippen LogP contribution in [0.15, 0.2) is 24.5 Å². The summed E-state index contributed by atoms with van der Waals surface area (Å²) in [6.07, 6.45) is 9.19. The zero-order valence-corrected chi connectivity index (χ0v) is 15.3. The first kappa shape index (κ1) is 17.0. The van der Waals surface area contributed by atoms with E-state index in [0.717, 1.165) is 37.5 Å². The van der Waals surface area contributed by atoms with Crippen LogP contribution in [-0.2, 0) is 11.3 Å². The molecule has 3 aliphatic heterocycles. The number of pyridine rings is 1. The van der Waals surface area contributed by atoms with Crippen LogP contribution in [0.4, 0.5) is 0 Å². The standard InChI is InChI=1S/C20H30N4O/c1-22-10-6-18(7-11-22)23-12-8-19-17(15-23)4-5-20(25)24(19)14-16-3-2-9-21-13-16/h2-3,9,13,17-19H,4-8,10-12,14-15H2,1H3/t17-,19+/m0/s1. The van der Waals surface area contributed by atoms with Crippen molar-refractivity contribution in [2.75, 3.05) is 33.2 Å². The largest absolute Gasteiger partial charge is 0.335 e. The van der Waals surface area contributed by atoms with Crippen molar-refractivity contribution in [2.24, 2.45) is 5.92 Å². The Morgan fingerprint density at radius 3 is 2.76 bits per heavy atom. The summed E-state index contributed by atoms with van der Waals surface area (Å²) in [7, 11) is 2.23. The molecule has 0 bridgehead atoms. The fraction of sp³-hybridized carbons (Fsp3) is 0.700. The highest BCUT2D eigenvalue weighted by molar-refractivity contribution is 5.77. The fourth-order valence-corrected chi connectivity index (χ4v) is 4.96. The number of rotatable bonds is 3. The van der Waals surface area contributed by atoms with Gasteiger partial charge in [-0.1, -0.05) is 6.07 Å². The minimum absolute atomic E-state index is 0.331. The molecule has 3 saturated heterocycles. The lowest BCUT2D eigenvalue weighted by Gasteiger charge is -2.49. The Morgan fingerprint density at radius 2 is 2.00 bits per heavy atom. The second-order valence-corrected chi connectivity index (χ2v) is 8.07. The highest BCUT2D eigenvalue weighted by atomic mass is 16.2. The van der Waals surface area contributed by atoms with E-state index in [-0.39, 0.29) is 0 Å². The maximum Gasteiger partial charge on any atom is 0.223 e. The molecule has 4 heterocycles. The molecule has 1 aromatic heterocycles. The minimum Gasteiger partial charge on any atom is -0.335 e. The van der Waals surface area contributed by atoms with E-state index in [4.69, 9.17) is 0 Å². The Labute approximate surface area is 151 Å². The molecule has 2 atom stereocenters. The lowest BCUT2D eigenvalue weighted by Crippen LogP contribution is -2.58. The van der Waals surface area contributed by atoms with E-state index in [1.807, 2.05) is 12.3 Å². The van der Waals surface area contributed by atoms with Crippen molar-refractivity contribution in [3.8, 4) is 0 Å². The number of hydrogen-bond donors (Lipinski definition) is 0. The number of piperidine rings is 3. The SMILES string of the molecule is CN1CCC(N2CC[C@@H]3[C@@H](CCC(=O)N3Cc3cccnc3)C2)CC1. The van der Waals surface area contributed by atoms with Gasteiger partial charge in [-0.2, -0.15) is 0 Å². The van der Waals surface area contributed by atoms with E-state index in [1.54, 1.807) is 6.20 Å². The van der Waals surface area contributed by atoms with Gasteiger partial charge < -0.3 is 9.80 Å². The smallest absolute Gasteiger partial charge is 0.223 e. The summed E-state index contributed by atoms with van der Waals surface area (Å²) < 4.78 is 0. The molecule has 0 radical (unpaired) electrons. The van der Waals surface area contributed by atoms with Crippen LogP contribution in [0.3, 0.4) is 0 Å². The topological polar surface area (TPSA) is 39.7 Å². The van der Waals surface area contributed by atoms with Crippen LogP contribution in [0.5, 0.6) is 0 Å². The summed E-state index contributed by atoms with van der Waals surface area (Å²) >= 11 is 0. The second kappa shape index (κ2) is 7.42. The highest BCUT2D eigenvalue weighted by Crippen LogP contribution is 2.34. The fourth-order valence-electron chi connectivity index (χ4n) is 4.96. The van der Waals surface area contributed by atoms with Crippen LogP contribution in [-0.4, -0.2) is 70.9 Å². The number of hydrogen-bond acceptors (Lipinski definition) is 4. The molecule has 0 spiro atoms. The Morgan fingerprint density at radius 1 is 1.16 bits per heavy atom. The molecule has 1 amide bonds. The zero-order valence-electron chi connectivity index (χ0n) is 15.3. The van der Waals surface area contributed by atoms with E-state index in [9.17, 15) is 4.79 Å². The monoisotopic (exact) mass is 342 g/mol. The van der Waals surface area contributed by atoms with Crippen molar-refractivity contribution in [2.45, 2.75) is 50.7 Å². The van der Waals surface area contributed by atoms with E-state index in [1.165, 1.54) is 32.5 Å². The van der Waals surface area contributed by atoms with Gasteiger partial charge in [0.05, 0.1) is 0 Å². The third-order valence-electron chi connectivity index (χ3n) is 6.46. The van der Waals surface area contributed by atoms with Gasteiger partial charge in [0.1, 0.15) is 0 Å². The molecule has 0 saturated carbocycles. The third kappa shape index (κ3) is 3.72. The number of amides is 1. The van der Waals surface area contributed by atoms with E-state index in [2.05, 4.69) is 32.8 Å². The Hall–Kier alpha value is -1.46. The first-order chi connectivity index (χ1) is 12.2. The average Bonchev–Trinajstić information content (AvgIpc) is 2.65. The van der Waals surface area contributed by atoms with Gasteiger partial charge in [-0.3, -0.25) is 14.7 Å². The van der Waals surface area contributed by atoms with Crippen LogP contribution in [0, 0.1) is 5.92 Å². The number of likely N-dealkylation sites (tertiary alicyclic amines) is 3. The van der Waals surface area contributed by atoms with Gasteiger partial charge in [-0.25, -0.2) is 0 Å². The Bertz CT molecular complexity index is 585. The van der Waals surface area contributed by atoms with E-state index < -0.39 is 0 Å². The van der Waals surface area contributed by atoms with Gasteiger partial charge in [0.25, 0.3) is 0 Å². The van der Waals surface area contributed by atoms with Crippen molar-refractivity contribution in [1.29, 1.82) is 0 Å². The summed E-state index contributed by atoms with van der Waals surface area (Å²) in [5.74, 6) is 0.973. The summed E-state index contributed by atoms with van der Waals surface area (Å²) in [5, 5.41) is 0. The molecule has 0 unspecified atom stereocenters. The van der Waals surface area contributed by atoms with Gasteiger partial charge in [-0.15, -0.1) is 0 Å². The highest BCUT2D eigenvalue weighted by Gasteiger charge is 2.40. The number of fused-ring (bicyclic) bond motifs is 1. The molecular weight excluding hydrogens is 312 g/mol. The Kier molecular flexibility index (Phi) is 5.04. The van der Waals surface area contributed by atoms with E-state index in [0.29, 0.717) is 24.3 Å². The van der Waals surface area contributed by atoms with Crippen LogP contribution in [0.1, 0.15) is 37.7 Å². The molecule has 25 heavy (non-hydrogen) atoms. The molecule has 1 aromatic rings. The number of carbonyl (C=O) groups excluding carboxylic acids is 1.